The number of amides is 1. The lowest BCUT2D eigenvalue weighted by Crippen LogP contribution is -2.29. The second-order valence-corrected chi connectivity index (χ2v) is 6.12. The summed E-state index contributed by atoms with van der Waals surface area (Å²) in [5.74, 6) is 1.16. The van der Waals surface area contributed by atoms with Gasteiger partial charge in [-0.3, -0.25) is 9.78 Å². The third-order valence-electron chi connectivity index (χ3n) is 4.44. The van der Waals surface area contributed by atoms with Gasteiger partial charge in [-0.1, -0.05) is 0 Å². The zero-order valence-electron chi connectivity index (χ0n) is 15.5. The Hall–Kier alpha value is -2.43. The van der Waals surface area contributed by atoms with E-state index in [9.17, 15) is 4.79 Å². The number of nitrogens with zero attached hydrogens (tertiary/aromatic N) is 4. The summed E-state index contributed by atoms with van der Waals surface area (Å²) in [5, 5.41) is 0. The number of anilines is 1. The highest BCUT2D eigenvalue weighted by Crippen LogP contribution is 2.14. The molecule has 0 fully saturated rings. The highest BCUT2D eigenvalue weighted by molar-refractivity contribution is 5.76. The van der Waals surface area contributed by atoms with Crippen LogP contribution in [0.2, 0.25) is 0 Å². The largest absolute Gasteiger partial charge is 0.357 e. The van der Waals surface area contributed by atoms with Crippen molar-refractivity contribution in [3.05, 3.63) is 54.0 Å². The molecule has 5 heteroatoms. The van der Waals surface area contributed by atoms with E-state index in [-0.39, 0.29) is 5.91 Å². The van der Waals surface area contributed by atoms with Crippen molar-refractivity contribution < 1.29 is 4.79 Å². The first-order valence-corrected chi connectivity index (χ1v) is 8.96. The van der Waals surface area contributed by atoms with Gasteiger partial charge in [0.05, 0.1) is 0 Å². The summed E-state index contributed by atoms with van der Waals surface area (Å²) in [6.45, 7) is 6.84. The van der Waals surface area contributed by atoms with E-state index in [1.807, 2.05) is 36.3 Å². The van der Waals surface area contributed by atoms with Gasteiger partial charge in [-0.15, -0.1) is 0 Å². The lowest BCUT2D eigenvalue weighted by molar-refractivity contribution is -0.129. The molecule has 2 aromatic rings. The number of carbonyl (C=O) groups is 1. The van der Waals surface area contributed by atoms with Gasteiger partial charge in [0.25, 0.3) is 0 Å². The molecule has 0 saturated heterocycles. The molecule has 2 aromatic heterocycles. The average molecular weight is 340 g/mol. The summed E-state index contributed by atoms with van der Waals surface area (Å²) < 4.78 is 0. The molecule has 0 aromatic carbocycles. The van der Waals surface area contributed by atoms with Crippen LogP contribution < -0.4 is 4.90 Å². The predicted molar refractivity (Wildman–Crippen MR) is 102 cm³/mol. The second kappa shape index (κ2) is 9.77. The third-order valence-corrected chi connectivity index (χ3v) is 4.44. The quantitative estimate of drug-likeness (QED) is 0.704. The molecule has 0 saturated carbocycles. The molecule has 0 spiro atoms. The lowest BCUT2D eigenvalue weighted by atomic mass is 10.1. The van der Waals surface area contributed by atoms with Crippen LogP contribution in [-0.2, 0) is 17.6 Å². The van der Waals surface area contributed by atoms with Gasteiger partial charge in [-0.25, -0.2) is 4.98 Å². The van der Waals surface area contributed by atoms with Crippen LogP contribution in [0.5, 0.6) is 0 Å². The minimum Gasteiger partial charge on any atom is -0.357 e. The summed E-state index contributed by atoms with van der Waals surface area (Å²) >= 11 is 0. The van der Waals surface area contributed by atoms with Crippen LogP contribution in [0.1, 0.15) is 31.4 Å². The number of hydrogen-bond acceptors (Lipinski definition) is 4. The van der Waals surface area contributed by atoms with Gasteiger partial charge in [0.2, 0.25) is 5.91 Å². The predicted octanol–water partition coefficient (Wildman–Crippen LogP) is 2.96. The number of likely N-dealkylation sites (N-methyl/N-ethyl adjacent to an activating group) is 1. The van der Waals surface area contributed by atoms with Crippen LogP contribution in [-0.4, -0.2) is 47.5 Å². The van der Waals surface area contributed by atoms with Crippen molar-refractivity contribution in [1.29, 1.82) is 0 Å². The Morgan fingerprint density at radius 2 is 1.68 bits per heavy atom. The molecule has 0 aliphatic heterocycles. The van der Waals surface area contributed by atoms with E-state index in [2.05, 4.69) is 34.8 Å². The first-order chi connectivity index (χ1) is 12.1. The molecular formula is C20H28N4O. The molecule has 2 rings (SSSR count). The molecule has 0 aliphatic carbocycles. The van der Waals surface area contributed by atoms with Gasteiger partial charge in [0.15, 0.2) is 0 Å². The zero-order chi connectivity index (χ0) is 18.1. The minimum atomic E-state index is 0.176. The first kappa shape index (κ1) is 18.9. The normalized spacial score (nSPS) is 10.5. The van der Waals surface area contributed by atoms with E-state index in [0.717, 1.165) is 43.9 Å². The number of aromatic nitrogens is 2. The Labute approximate surface area is 150 Å². The monoisotopic (exact) mass is 340 g/mol. The van der Waals surface area contributed by atoms with Crippen molar-refractivity contribution in [1.82, 2.24) is 14.9 Å². The molecule has 25 heavy (non-hydrogen) atoms. The van der Waals surface area contributed by atoms with E-state index in [0.29, 0.717) is 6.42 Å². The third kappa shape index (κ3) is 5.85. The van der Waals surface area contributed by atoms with Crippen LogP contribution >= 0.6 is 0 Å². The number of rotatable bonds is 9. The van der Waals surface area contributed by atoms with Gasteiger partial charge in [-0.2, -0.15) is 0 Å². The average Bonchev–Trinajstić information content (AvgIpc) is 2.66. The van der Waals surface area contributed by atoms with E-state index in [1.54, 1.807) is 12.4 Å². The Morgan fingerprint density at radius 1 is 1.00 bits per heavy atom. The molecule has 0 N–H and O–H groups in total. The van der Waals surface area contributed by atoms with Crippen LogP contribution in [0.4, 0.5) is 5.82 Å². The summed E-state index contributed by atoms with van der Waals surface area (Å²) in [6.07, 6.45) is 7.53. The van der Waals surface area contributed by atoms with Crippen LogP contribution in [0.25, 0.3) is 0 Å². The smallest absolute Gasteiger partial charge is 0.222 e. The molecule has 134 valence electrons. The van der Waals surface area contributed by atoms with Crippen molar-refractivity contribution in [3.8, 4) is 0 Å². The Bertz CT molecular complexity index is 656. The second-order valence-electron chi connectivity index (χ2n) is 6.12. The number of carbonyl (C=O) groups excluding carboxylic acids is 1. The molecule has 5 nitrogen and oxygen atoms in total. The molecule has 1 amide bonds. The summed E-state index contributed by atoms with van der Waals surface area (Å²) in [5.41, 5.74) is 2.36. The maximum absolute atomic E-state index is 12.4. The number of aryl methyl sites for hydroxylation is 1. The van der Waals surface area contributed by atoms with Crippen LogP contribution in [0, 0.1) is 0 Å². The fraction of sp³-hybridized carbons (Fsp3) is 0.450. The highest BCUT2D eigenvalue weighted by Gasteiger charge is 2.10. The zero-order valence-corrected chi connectivity index (χ0v) is 15.5. The maximum atomic E-state index is 12.4. The first-order valence-electron chi connectivity index (χ1n) is 8.96. The molecular weight excluding hydrogens is 312 g/mol. The fourth-order valence-corrected chi connectivity index (χ4v) is 2.75. The van der Waals surface area contributed by atoms with Gasteiger partial charge in [0, 0.05) is 51.7 Å². The molecule has 0 aliphatic rings. The maximum Gasteiger partial charge on any atom is 0.222 e. The molecule has 2 heterocycles. The van der Waals surface area contributed by atoms with E-state index in [1.165, 1.54) is 5.56 Å². The SMILES string of the molecule is CCN(CC)c1cc(CCC(=O)N(C)CCc2ccncc2)ccn1. The summed E-state index contributed by atoms with van der Waals surface area (Å²) in [6, 6.07) is 8.07. The van der Waals surface area contributed by atoms with Crippen molar-refractivity contribution in [2.75, 3.05) is 31.6 Å². The van der Waals surface area contributed by atoms with Gasteiger partial charge < -0.3 is 9.80 Å². The minimum absolute atomic E-state index is 0.176. The summed E-state index contributed by atoms with van der Waals surface area (Å²) in [4.78, 5) is 24.8. The topological polar surface area (TPSA) is 49.3 Å². The van der Waals surface area contributed by atoms with E-state index in [4.69, 9.17) is 0 Å². The lowest BCUT2D eigenvalue weighted by Gasteiger charge is -2.20. The van der Waals surface area contributed by atoms with Crippen molar-refractivity contribution in [2.45, 2.75) is 33.1 Å². The van der Waals surface area contributed by atoms with Crippen molar-refractivity contribution >= 4 is 11.7 Å². The fourth-order valence-electron chi connectivity index (χ4n) is 2.75. The van der Waals surface area contributed by atoms with Crippen LogP contribution in [0.15, 0.2) is 42.9 Å². The molecule has 0 bridgehead atoms. The highest BCUT2D eigenvalue weighted by atomic mass is 16.2. The Balaban J connectivity index is 1.83. The Morgan fingerprint density at radius 3 is 2.36 bits per heavy atom. The number of hydrogen-bond donors (Lipinski definition) is 0. The molecule has 0 atom stereocenters. The van der Waals surface area contributed by atoms with E-state index < -0.39 is 0 Å². The van der Waals surface area contributed by atoms with Gasteiger partial charge >= 0.3 is 0 Å². The standard InChI is InChI=1S/C20H28N4O/c1-4-24(5-2)19-16-18(10-14-22-19)6-7-20(25)23(3)15-11-17-8-12-21-13-9-17/h8-10,12-14,16H,4-7,11,15H2,1-3H3. The van der Waals surface area contributed by atoms with Crippen LogP contribution in [0.3, 0.4) is 0 Å². The van der Waals surface area contributed by atoms with Crippen molar-refractivity contribution in [3.63, 3.8) is 0 Å². The summed E-state index contributed by atoms with van der Waals surface area (Å²) in [7, 11) is 1.87. The van der Waals surface area contributed by atoms with Crippen molar-refractivity contribution in [2.24, 2.45) is 0 Å². The molecule has 0 radical (unpaired) electrons. The van der Waals surface area contributed by atoms with Gasteiger partial charge in [-0.05, 0) is 62.1 Å². The van der Waals surface area contributed by atoms with Gasteiger partial charge in [0.1, 0.15) is 5.82 Å². The Kier molecular flexibility index (Phi) is 7.38. The van der Waals surface area contributed by atoms with E-state index >= 15 is 0 Å². The number of pyridine rings is 2. The molecule has 0 unspecified atom stereocenters.